The Bertz CT molecular complexity index is 151. The van der Waals surface area contributed by atoms with Crippen LogP contribution in [0.15, 0.2) is 24.3 Å². The summed E-state index contributed by atoms with van der Waals surface area (Å²) in [6.07, 6.45) is 6.17. The molecule has 0 saturated carbocycles. The Kier molecular flexibility index (Phi) is 3.02. The highest BCUT2D eigenvalue weighted by molar-refractivity contribution is 7.81. The molecule has 0 bridgehead atoms. The molecule has 2 heteroatoms. The topological polar surface area (TPSA) is 17.1 Å². The van der Waals surface area contributed by atoms with Gasteiger partial charge in [0.15, 0.2) is 5.78 Å². The zero-order valence-electron chi connectivity index (χ0n) is 4.13. The van der Waals surface area contributed by atoms with Gasteiger partial charge < -0.3 is 0 Å². The summed E-state index contributed by atoms with van der Waals surface area (Å²) in [7, 11) is 0. The van der Waals surface area contributed by atoms with E-state index >= 15 is 0 Å². The van der Waals surface area contributed by atoms with Gasteiger partial charge >= 0.3 is 0 Å². The third-order valence-corrected chi connectivity index (χ3v) is 1.10. The van der Waals surface area contributed by atoms with Crippen LogP contribution in [0.4, 0.5) is 0 Å². The van der Waals surface area contributed by atoms with Crippen LogP contribution in [0, 0.1) is 0 Å². The van der Waals surface area contributed by atoms with Crippen molar-refractivity contribution >= 4 is 22.9 Å². The maximum atomic E-state index is 10.4. The zero-order chi connectivity index (χ0) is 5.98. The standard InChI is InChI=1S/C6H4OS.CH4/c7-5-1-3-6(8)4-2-5;/h1-4H;1H4. The Morgan fingerprint density at radius 1 is 1.11 bits per heavy atom. The average molecular weight is 140 g/mol. The number of carbonyl (C=O) groups is 1. The fourth-order valence-corrected chi connectivity index (χ4v) is 0.576. The summed E-state index contributed by atoms with van der Waals surface area (Å²) in [5.74, 6) is 0.0126. The molecule has 0 aromatic carbocycles. The Morgan fingerprint density at radius 2 is 1.56 bits per heavy atom. The first-order valence-electron chi connectivity index (χ1n) is 2.23. The van der Waals surface area contributed by atoms with Gasteiger partial charge in [0, 0.05) is 4.86 Å². The molecule has 0 aromatic rings. The maximum absolute atomic E-state index is 10.4. The van der Waals surface area contributed by atoms with Crippen molar-refractivity contribution in [2.75, 3.05) is 0 Å². The lowest BCUT2D eigenvalue weighted by atomic mass is 10.2. The molecule has 1 nitrogen and oxygen atoms in total. The number of carbonyl (C=O) groups excluding carboxylic acids is 1. The molecule has 0 amide bonds. The molecule has 0 fully saturated rings. The average Bonchev–Trinajstić information content (AvgIpc) is 1.77. The molecule has 0 heterocycles. The van der Waals surface area contributed by atoms with E-state index in [1.54, 1.807) is 12.2 Å². The van der Waals surface area contributed by atoms with Gasteiger partial charge in [-0.05, 0) is 24.3 Å². The summed E-state index contributed by atoms with van der Waals surface area (Å²) < 4.78 is 0. The Balaban J connectivity index is 0.000000640. The monoisotopic (exact) mass is 140 g/mol. The van der Waals surface area contributed by atoms with Crippen molar-refractivity contribution in [3.8, 4) is 0 Å². The van der Waals surface area contributed by atoms with Gasteiger partial charge in [0.2, 0.25) is 0 Å². The van der Waals surface area contributed by atoms with E-state index in [2.05, 4.69) is 0 Å². The van der Waals surface area contributed by atoms with Crippen molar-refractivity contribution < 1.29 is 4.79 Å². The van der Waals surface area contributed by atoms with Crippen LogP contribution in [-0.4, -0.2) is 10.6 Å². The summed E-state index contributed by atoms with van der Waals surface area (Å²) in [4.78, 5) is 11.1. The molecular weight excluding hydrogens is 132 g/mol. The number of rotatable bonds is 0. The second kappa shape index (κ2) is 3.30. The van der Waals surface area contributed by atoms with Crippen molar-refractivity contribution in [3.05, 3.63) is 24.3 Å². The minimum Gasteiger partial charge on any atom is -0.290 e. The van der Waals surface area contributed by atoms with E-state index in [9.17, 15) is 4.79 Å². The van der Waals surface area contributed by atoms with E-state index in [1.165, 1.54) is 12.2 Å². The van der Waals surface area contributed by atoms with E-state index < -0.39 is 0 Å². The number of hydrogen-bond acceptors (Lipinski definition) is 2. The molecule has 1 aliphatic carbocycles. The first-order chi connectivity index (χ1) is 3.79. The molecule has 1 aliphatic rings. The molecule has 0 unspecified atom stereocenters. The zero-order valence-corrected chi connectivity index (χ0v) is 4.94. The summed E-state index contributed by atoms with van der Waals surface area (Å²) in [6, 6.07) is 0. The summed E-state index contributed by atoms with van der Waals surface area (Å²) in [5, 5.41) is 0. The Labute approximate surface area is 60.1 Å². The van der Waals surface area contributed by atoms with Crippen LogP contribution in [0.25, 0.3) is 0 Å². The molecule has 0 N–H and O–H groups in total. The van der Waals surface area contributed by atoms with Crippen molar-refractivity contribution in [1.29, 1.82) is 0 Å². The number of hydrogen-bond donors (Lipinski definition) is 0. The molecule has 0 saturated heterocycles. The van der Waals surface area contributed by atoms with Crippen LogP contribution in [-0.2, 0) is 4.79 Å². The summed E-state index contributed by atoms with van der Waals surface area (Å²) >= 11 is 4.73. The molecule has 0 radical (unpaired) electrons. The normalized spacial score (nSPS) is 15.6. The van der Waals surface area contributed by atoms with E-state index in [-0.39, 0.29) is 13.2 Å². The lowest BCUT2D eigenvalue weighted by Gasteiger charge is -1.90. The number of ketones is 1. The van der Waals surface area contributed by atoms with Crippen LogP contribution in [0.3, 0.4) is 0 Å². The van der Waals surface area contributed by atoms with E-state index in [0.29, 0.717) is 4.86 Å². The van der Waals surface area contributed by atoms with Gasteiger partial charge in [-0.2, -0.15) is 0 Å². The van der Waals surface area contributed by atoms with E-state index in [0.717, 1.165) is 0 Å². The highest BCUT2D eigenvalue weighted by atomic mass is 32.1. The van der Waals surface area contributed by atoms with Crippen LogP contribution in [0.2, 0.25) is 0 Å². The lowest BCUT2D eigenvalue weighted by molar-refractivity contribution is -0.110. The molecule has 9 heavy (non-hydrogen) atoms. The second-order valence-electron chi connectivity index (χ2n) is 1.47. The van der Waals surface area contributed by atoms with Crippen molar-refractivity contribution in [3.63, 3.8) is 0 Å². The Morgan fingerprint density at radius 3 is 1.89 bits per heavy atom. The molecule has 0 spiro atoms. The lowest BCUT2D eigenvalue weighted by Crippen LogP contribution is -1.95. The SMILES string of the molecule is C.O=C1C=CC(=S)C=C1. The van der Waals surface area contributed by atoms with Crippen LogP contribution in [0.1, 0.15) is 7.43 Å². The largest absolute Gasteiger partial charge is 0.290 e. The Hall–Kier alpha value is -0.760. The summed E-state index contributed by atoms with van der Waals surface area (Å²) in [5.41, 5.74) is 0. The van der Waals surface area contributed by atoms with E-state index in [4.69, 9.17) is 12.2 Å². The quantitative estimate of drug-likeness (QED) is 0.476. The molecule has 48 valence electrons. The predicted octanol–water partition coefficient (Wildman–Crippen LogP) is 1.69. The molecule has 1 rings (SSSR count). The predicted molar refractivity (Wildman–Crippen MR) is 42.6 cm³/mol. The number of allylic oxidation sites excluding steroid dienone is 4. The fraction of sp³-hybridized carbons (Fsp3) is 0.143. The van der Waals surface area contributed by atoms with Crippen LogP contribution < -0.4 is 0 Å². The minimum atomic E-state index is 0. The summed E-state index contributed by atoms with van der Waals surface area (Å²) in [6.45, 7) is 0. The second-order valence-corrected chi connectivity index (χ2v) is 1.94. The smallest absolute Gasteiger partial charge is 0.178 e. The van der Waals surface area contributed by atoms with Crippen molar-refractivity contribution in [1.82, 2.24) is 0 Å². The first-order valence-corrected chi connectivity index (χ1v) is 2.64. The van der Waals surface area contributed by atoms with Crippen LogP contribution >= 0.6 is 12.2 Å². The van der Waals surface area contributed by atoms with Gasteiger partial charge in [0.05, 0.1) is 0 Å². The number of thiocarbonyl (C=S) groups is 1. The van der Waals surface area contributed by atoms with Gasteiger partial charge in [0.1, 0.15) is 0 Å². The van der Waals surface area contributed by atoms with Gasteiger partial charge in [-0.3, -0.25) is 4.79 Å². The first kappa shape index (κ1) is 8.24. The minimum absolute atomic E-state index is 0. The maximum Gasteiger partial charge on any atom is 0.178 e. The third-order valence-electron chi connectivity index (χ3n) is 0.824. The highest BCUT2D eigenvalue weighted by Gasteiger charge is 1.94. The highest BCUT2D eigenvalue weighted by Crippen LogP contribution is 1.93. The molecular formula is C7H8OS. The third kappa shape index (κ3) is 2.33. The van der Waals surface area contributed by atoms with Crippen LogP contribution in [0.5, 0.6) is 0 Å². The van der Waals surface area contributed by atoms with Gasteiger partial charge in [-0.15, -0.1) is 0 Å². The fourth-order valence-electron chi connectivity index (χ4n) is 0.440. The van der Waals surface area contributed by atoms with Gasteiger partial charge in [-0.25, -0.2) is 0 Å². The van der Waals surface area contributed by atoms with Crippen molar-refractivity contribution in [2.24, 2.45) is 0 Å². The van der Waals surface area contributed by atoms with E-state index in [1.807, 2.05) is 0 Å². The van der Waals surface area contributed by atoms with Gasteiger partial charge in [-0.1, -0.05) is 19.6 Å². The van der Waals surface area contributed by atoms with Gasteiger partial charge in [0.25, 0.3) is 0 Å². The molecule has 0 aliphatic heterocycles. The molecule has 0 aromatic heterocycles. The molecule has 0 atom stereocenters. The van der Waals surface area contributed by atoms with Crippen molar-refractivity contribution in [2.45, 2.75) is 7.43 Å².